The van der Waals surface area contributed by atoms with Crippen LogP contribution in [0.2, 0.25) is 0 Å². The molecule has 0 saturated carbocycles. The predicted octanol–water partition coefficient (Wildman–Crippen LogP) is 3.78. The van der Waals surface area contributed by atoms with Gasteiger partial charge in [0.2, 0.25) is 0 Å². The minimum absolute atomic E-state index is 0.674. The highest BCUT2D eigenvalue weighted by molar-refractivity contribution is 9.10. The first-order valence-electron chi connectivity index (χ1n) is 6.21. The van der Waals surface area contributed by atoms with E-state index in [1.807, 2.05) is 31.2 Å². The van der Waals surface area contributed by atoms with E-state index in [0.717, 1.165) is 27.2 Å². The number of aryl methyl sites for hydroxylation is 1. The van der Waals surface area contributed by atoms with Gasteiger partial charge in [-0.3, -0.25) is 4.98 Å². The molecule has 1 heterocycles. The first-order chi connectivity index (χ1) is 9.65. The van der Waals surface area contributed by atoms with E-state index >= 15 is 0 Å². The normalized spacial score (nSPS) is 10.2. The van der Waals surface area contributed by atoms with Crippen molar-refractivity contribution in [1.82, 2.24) is 4.98 Å². The number of nitrogens with zero attached hydrogens (tertiary/aromatic N) is 1. The highest BCUT2D eigenvalue weighted by Crippen LogP contribution is 2.33. The molecule has 0 aliphatic carbocycles. The summed E-state index contributed by atoms with van der Waals surface area (Å²) in [6.07, 6.45) is 1.78. The summed E-state index contributed by atoms with van der Waals surface area (Å²) in [5.74, 6) is 1.43. The summed E-state index contributed by atoms with van der Waals surface area (Å²) in [5, 5.41) is 3.37. The van der Waals surface area contributed by atoms with Gasteiger partial charge in [-0.15, -0.1) is 0 Å². The number of pyridine rings is 1. The van der Waals surface area contributed by atoms with Crippen LogP contribution in [0, 0.1) is 6.92 Å². The van der Waals surface area contributed by atoms with Gasteiger partial charge in [0.05, 0.1) is 25.6 Å². The van der Waals surface area contributed by atoms with Gasteiger partial charge in [0, 0.05) is 17.2 Å². The third-order valence-corrected chi connectivity index (χ3v) is 3.77. The van der Waals surface area contributed by atoms with Crippen molar-refractivity contribution in [3.8, 4) is 11.5 Å². The zero-order valence-corrected chi connectivity index (χ0v) is 13.3. The minimum Gasteiger partial charge on any atom is -0.493 e. The lowest BCUT2D eigenvalue weighted by Gasteiger charge is -2.13. The van der Waals surface area contributed by atoms with E-state index in [2.05, 4.69) is 26.2 Å². The molecule has 0 aliphatic rings. The molecule has 0 atom stereocenters. The topological polar surface area (TPSA) is 43.4 Å². The summed E-state index contributed by atoms with van der Waals surface area (Å²) in [6, 6.07) is 7.80. The van der Waals surface area contributed by atoms with Gasteiger partial charge in [-0.25, -0.2) is 0 Å². The second-order valence-corrected chi connectivity index (χ2v) is 5.14. The number of ether oxygens (including phenoxy) is 2. The van der Waals surface area contributed by atoms with Crippen LogP contribution in [0.3, 0.4) is 0 Å². The summed E-state index contributed by atoms with van der Waals surface area (Å²) >= 11 is 3.55. The van der Waals surface area contributed by atoms with E-state index in [1.54, 1.807) is 20.4 Å². The smallest absolute Gasteiger partial charge is 0.161 e. The van der Waals surface area contributed by atoms with E-state index in [-0.39, 0.29) is 0 Å². The van der Waals surface area contributed by atoms with Gasteiger partial charge in [-0.1, -0.05) is 15.9 Å². The largest absolute Gasteiger partial charge is 0.493 e. The number of halogens is 1. The van der Waals surface area contributed by atoms with Crippen LogP contribution in [0.1, 0.15) is 11.3 Å². The highest BCUT2D eigenvalue weighted by atomic mass is 79.9. The van der Waals surface area contributed by atoms with Gasteiger partial charge in [-0.05, 0) is 36.8 Å². The molecule has 1 N–H and O–H groups in total. The van der Waals surface area contributed by atoms with Gasteiger partial charge in [0.25, 0.3) is 0 Å². The Kier molecular flexibility index (Phi) is 4.84. The molecule has 1 aromatic carbocycles. The van der Waals surface area contributed by atoms with Crippen LogP contribution in [-0.2, 0) is 6.54 Å². The average molecular weight is 337 g/mol. The fourth-order valence-electron chi connectivity index (χ4n) is 1.89. The lowest BCUT2D eigenvalue weighted by molar-refractivity contribution is 0.354. The Labute approximate surface area is 127 Å². The van der Waals surface area contributed by atoms with Gasteiger partial charge in [0.1, 0.15) is 0 Å². The molecule has 5 heteroatoms. The van der Waals surface area contributed by atoms with Crippen LogP contribution >= 0.6 is 15.9 Å². The molecule has 4 nitrogen and oxygen atoms in total. The van der Waals surface area contributed by atoms with E-state index in [0.29, 0.717) is 12.3 Å². The molecule has 0 saturated heterocycles. The number of aromatic nitrogens is 1. The van der Waals surface area contributed by atoms with Crippen LogP contribution in [-0.4, -0.2) is 19.2 Å². The van der Waals surface area contributed by atoms with E-state index in [4.69, 9.17) is 9.47 Å². The molecule has 0 bridgehead atoms. The molecule has 2 rings (SSSR count). The number of benzene rings is 1. The fraction of sp³-hybridized carbons (Fsp3) is 0.267. The molecule has 0 aliphatic heterocycles. The monoisotopic (exact) mass is 336 g/mol. The van der Waals surface area contributed by atoms with Crippen LogP contribution in [0.25, 0.3) is 0 Å². The maximum absolute atomic E-state index is 5.32. The Morgan fingerprint density at radius 2 is 1.90 bits per heavy atom. The Balaban J connectivity index is 2.19. The summed E-state index contributed by atoms with van der Waals surface area (Å²) in [4.78, 5) is 4.26. The molecule has 106 valence electrons. The predicted molar refractivity (Wildman–Crippen MR) is 83.5 cm³/mol. The molecule has 2 aromatic rings. The maximum Gasteiger partial charge on any atom is 0.161 e. The van der Waals surface area contributed by atoms with Crippen LogP contribution < -0.4 is 14.8 Å². The third-order valence-electron chi connectivity index (χ3n) is 3.03. The van der Waals surface area contributed by atoms with Crippen molar-refractivity contribution in [3.05, 3.63) is 46.2 Å². The number of anilines is 1. The van der Waals surface area contributed by atoms with Gasteiger partial charge < -0.3 is 14.8 Å². The molecule has 0 radical (unpaired) electrons. The van der Waals surface area contributed by atoms with Crippen LogP contribution in [0.15, 0.2) is 34.9 Å². The maximum atomic E-state index is 5.32. The van der Waals surface area contributed by atoms with Crippen molar-refractivity contribution in [1.29, 1.82) is 0 Å². The number of rotatable bonds is 5. The molecular weight excluding hydrogens is 320 g/mol. The van der Waals surface area contributed by atoms with E-state index in [1.165, 1.54) is 0 Å². The Bertz CT molecular complexity index is 602. The molecule has 0 amide bonds. The first-order valence-corrected chi connectivity index (χ1v) is 7.01. The number of hydrogen-bond donors (Lipinski definition) is 1. The molecule has 1 aromatic heterocycles. The van der Waals surface area contributed by atoms with Crippen LogP contribution in [0.5, 0.6) is 11.5 Å². The zero-order chi connectivity index (χ0) is 14.5. The van der Waals surface area contributed by atoms with Gasteiger partial charge in [0.15, 0.2) is 11.5 Å². The van der Waals surface area contributed by atoms with E-state index < -0.39 is 0 Å². The summed E-state index contributed by atoms with van der Waals surface area (Å²) in [6.45, 7) is 2.65. The minimum atomic E-state index is 0.674. The first kappa shape index (κ1) is 14.7. The quantitative estimate of drug-likeness (QED) is 0.902. The second-order valence-electron chi connectivity index (χ2n) is 4.29. The summed E-state index contributed by atoms with van der Waals surface area (Å²) < 4.78 is 11.6. The number of methoxy groups -OCH3 is 2. The second kappa shape index (κ2) is 6.61. The molecule has 0 spiro atoms. The average Bonchev–Trinajstić information content (AvgIpc) is 2.47. The van der Waals surface area contributed by atoms with Crippen molar-refractivity contribution in [2.24, 2.45) is 0 Å². The highest BCUT2D eigenvalue weighted by Gasteiger charge is 2.09. The fourth-order valence-corrected chi connectivity index (χ4v) is 2.36. The molecule has 20 heavy (non-hydrogen) atoms. The lowest BCUT2D eigenvalue weighted by atomic mass is 10.2. The van der Waals surface area contributed by atoms with Crippen molar-refractivity contribution >= 4 is 21.6 Å². The molecule has 0 fully saturated rings. The van der Waals surface area contributed by atoms with E-state index in [9.17, 15) is 0 Å². The molecular formula is C15H17BrN2O2. The zero-order valence-electron chi connectivity index (χ0n) is 11.7. The summed E-state index contributed by atoms with van der Waals surface area (Å²) in [5.41, 5.74) is 3.09. The van der Waals surface area contributed by atoms with Crippen molar-refractivity contribution < 1.29 is 9.47 Å². The lowest BCUT2D eigenvalue weighted by Crippen LogP contribution is -2.03. The number of hydrogen-bond acceptors (Lipinski definition) is 4. The third kappa shape index (κ3) is 3.22. The van der Waals surface area contributed by atoms with Crippen molar-refractivity contribution in [3.63, 3.8) is 0 Å². The number of nitrogens with one attached hydrogen (secondary N) is 1. The Morgan fingerprint density at radius 1 is 1.20 bits per heavy atom. The van der Waals surface area contributed by atoms with Gasteiger partial charge in [-0.2, -0.15) is 0 Å². The molecule has 0 unspecified atom stereocenters. The standard InChI is InChI=1S/C15H17BrN2O2/c1-10-13(5-4-6-17-10)18-9-11-7-14(19-2)15(20-3)8-12(11)16/h4-8,18H,9H2,1-3H3. The SMILES string of the molecule is COc1cc(Br)c(CNc2cccnc2C)cc1OC. The Morgan fingerprint density at radius 3 is 2.55 bits per heavy atom. The van der Waals surface area contributed by atoms with Crippen molar-refractivity contribution in [2.75, 3.05) is 19.5 Å². The van der Waals surface area contributed by atoms with Crippen LogP contribution in [0.4, 0.5) is 5.69 Å². The van der Waals surface area contributed by atoms with Gasteiger partial charge >= 0.3 is 0 Å². The van der Waals surface area contributed by atoms with Crippen molar-refractivity contribution in [2.45, 2.75) is 13.5 Å². The summed E-state index contributed by atoms with van der Waals surface area (Å²) in [7, 11) is 3.26. The Hall–Kier alpha value is -1.75.